The molecule has 0 aliphatic carbocycles. The lowest BCUT2D eigenvalue weighted by Gasteiger charge is -2.18. The van der Waals surface area contributed by atoms with Crippen molar-refractivity contribution >= 4 is 40.1 Å². The average Bonchev–Trinajstić information content (AvgIpc) is 3.06. The van der Waals surface area contributed by atoms with Crippen molar-refractivity contribution in [2.45, 2.75) is 12.2 Å². The third-order valence-corrected chi connectivity index (χ3v) is 4.92. The molecule has 0 radical (unpaired) electrons. The molecule has 3 heterocycles. The zero-order chi connectivity index (χ0) is 13.1. The lowest BCUT2D eigenvalue weighted by atomic mass is 9.85. The van der Waals surface area contributed by atoms with Crippen molar-refractivity contribution in [2.24, 2.45) is 11.8 Å². The predicted molar refractivity (Wildman–Crippen MR) is 76.4 cm³/mol. The second-order valence-corrected chi connectivity index (χ2v) is 6.13. The minimum Gasteiger partial charge on any atom is -0.365 e. The van der Waals surface area contributed by atoms with E-state index in [9.17, 15) is 9.59 Å². The van der Waals surface area contributed by atoms with Crippen LogP contribution in [0.1, 0.15) is 0 Å². The van der Waals surface area contributed by atoms with Crippen LogP contribution in [0.3, 0.4) is 0 Å². The number of imide groups is 1. The quantitative estimate of drug-likeness (QED) is 0.432. The zero-order valence-electron chi connectivity index (χ0n) is 9.82. The van der Waals surface area contributed by atoms with E-state index in [0.29, 0.717) is 5.69 Å². The summed E-state index contributed by atoms with van der Waals surface area (Å²) in [6.45, 7) is 0. The van der Waals surface area contributed by atoms with Gasteiger partial charge < -0.3 is 4.74 Å². The van der Waals surface area contributed by atoms with Gasteiger partial charge in [0.1, 0.15) is 0 Å². The van der Waals surface area contributed by atoms with Gasteiger partial charge in [-0.1, -0.05) is 24.3 Å². The van der Waals surface area contributed by atoms with E-state index >= 15 is 0 Å². The molecule has 0 aromatic heterocycles. The lowest BCUT2D eigenvalue weighted by Crippen LogP contribution is -2.34. The number of anilines is 1. The predicted octanol–water partition coefficient (Wildman–Crippen LogP) is 1.73. The van der Waals surface area contributed by atoms with Crippen molar-refractivity contribution in [1.82, 2.24) is 0 Å². The van der Waals surface area contributed by atoms with Gasteiger partial charge in [-0.05, 0) is 34.7 Å². The van der Waals surface area contributed by atoms with Crippen molar-refractivity contribution in [3.05, 3.63) is 40.0 Å². The molecule has 0 unspecified atom stereocenters. The van der Waals surface area contributed by atoms with E-state index in [-0.39, 0.29) is 35.9 Å². The summed E-state index contributed by atoms with van der Waals surface area (Å²) in [5.74, 6) is -0.927. The number of para-hydroxylation sites is 1. The van der Waals surface area contributed by atoms with E-state index in [1.54, 1.807) is 0 Å². The van der Waals surface area contributed by atoms with E-state index in [2.05, 4.69) is 22.6 Å². The smallest absolute Gasteiger partial charge is 0.240 e. The van der Waals surface area contributed by atoms with Crippen LogP contribution in [0, 0.1) is 15.4 Å². The number of benzene rings is 1. The molecule has 0 N–H and O–H groups in total. The highest BCUT2D eigenvalue weighted by atomic mass is 127. The monoisotopic (exact) mass is 367 g/mol. The average molecular weight is 367 g/mol. The van der Waals surface area contributed by atoms with Gasteiger partial charge in [-0.2, -0.15) is 0 Å². The molecule has 1 aromatic rings. The summed E-state index contributed by atoms with van der Waals surface area (Å²) >= 11 is 2.15. The molecule has 4 rings (SSSR count). The van der Waals surface area contributed by atoms with Gasteiger partial charge in [0.05, 0.1) is 29.7 Å². The minimum absolute atomic E-state index is 0.129. The van der Waals surface area contributed by atoms with Gasteiger partial charge in [0.2, 0.25) is 11.8 Å². The normalized spacial score (nSPS) is 35.3. The number of halogens is 1. The van der Waals surface area contributed by atoms with E-state index in [4.69, 9.17) is 4.74 Å². The Morgan fingerprint density at radius 3 is 2.16 bits per heavy atom. The Morgan fingerprint density at radius 1 is 1.00 bits per heavy atom. The molecule has 3 aliphatic heterocycles. The Kier molecular flexibility index (Phi) is 2.38. The summed E-state index contributed by atoms with van der Waals surface area (Å²) in [4.78, 5) is 26.4. The number of amides is 2. The fourth-order valence-electron chi connectivity index (χ4n) is 3.17. The second kappa shape index (κ2) is 3.89. The number of hydrogen-bond donors (Lipinski definition) is 0. The number of carbonyl (C=O) groups is 2. The van der Waals surface area contributed by atoms with Crippen LogP contribution >= 0.6 is 22.6 Å². The molecular formula is C14H10INO3. The number of rotatable bonds is 1. The van der Waals surface area contributed by atoms with Gasteiger partial charge in [-0.15, -0.1) is 0 Å². The van der Waals surface area contributed by atoms with E-state index < -0.39 is 0 Å². The van der Waals surface area contributed by atoms with Crippen LogP contribution in [0.5, 0.6) is 0 Å². The van der Waals surface area contributed by atoms with Crippen molar-refractivity contribution in [3.8, 4) is 0 Å². The zero-order valence-corrected chi connectivity index (χ0v) is 12.0. The second-order valence-electron chi connectivity index (χ2n) is 4.97. The van der Waals surface area contributed by atoms with Crippen LogP contribution < -0.4 is 4.90 Å². The summed E-state index contributed by atoms with van der Waals surface area (Å²) in [6, 6.07) is 7.45. The van der Waals surface area contributed by atoms with Gasteiger partial charge in [0.15, 0.2) is 0 Å². The number of fused-ring (bicyclic) bond motifs is 5. The van der Waals surface area contributed by atoms with Crippen LogP contribution in [0.2, 0.25) is 0 Å². The Hall–Kier alpha value is -1.21. The molecule has 3 aliphatic rings. The van der Waals surface area contributed by atoms with Crippen molar-refractivity contribution < 1.29 is 14.3 Å². The summed E-state index contributed by atoms with van der Waals surface area (Å²) in [5, 5.41) is 0. The number of hydrogen-bond acceptors (Lipinski definition) is 3. The highest BCUT2D eigenvalue weighted by Gasteiger charge is 2.61. The van der Waals surface area contributed by atoms with Crippen LogP contribution in [-0.2, 0) is 14.3 Å². The first-order valence-electron chi connectivity index (χ1n) is 6.14. The number of carbonyl (C=O) groups excluding carboxylic acids is 2. The topological polar surface area (TPSA) is 46.6 Å². The van der Waals surface area contributed by atoms with Gasteiger partial charge in [-0.25, -0.2) is 4.90 Å². The fraction of sp³-hybridized carbons (Fsp3) is 0.286. The summed E-state index contributed by atoms with van der Waals surface area (Å²) < 4.78 is 6.52. The molecule has 0 spiro atoms. The van der Waals surface area contributed by atoms with E-state index in [1.807, 2.05) is 36.4 Å². The van der Waals surface area contributed by atoms with Crippen molar-refractivity contribution in [2.75, 3.05) is 4.90 Å². The molecule has 2 fully saturated rings. The third-order valence-electron chi connectivity index (χ3n) is 4.00. The fourth-order valence-corrected chi connectivity index (χ4v) is 3.80. The van der Waals surface area contributed by atoms with Crippen LogP contribution in [-0.4, -0.2) is 24.0 Å². The molecule has 96 valence electrons. The maximum Gasteiger partial charge on any atom is 0.240 e. The van der Waals surface area contributed by atoms with Gasteiger partial charge in [0.25, 0.3) is 0 Å². The molecule has 1 aromatic carbocycles. The SMILES string of the molecule is O=C1[C@@H]2[C@H](C(=O)N1c1ccccc1I)[C@@H]1C=C[C@@H]2O1. The minimum atomic E-state index is -0.335. The van der Waals surface area contributed by atoms with Gasteiger partial charge in [0, 0.05) is 3.57 Å². The van der Waals surface area contributed by atoms with Crippen LogP contribution in [0.25, 0.3) is 0 Å². The first-order valence-corrected chi connectivity index (χ1v) is 7.22. The van der Waals surface area contributed by atoms with Crippen molar-refractivity contribution in [3.63, 3.8) is 0 Å². The Morgan fingerprint density at radius 2 is 1.58 bits per heavy atom. The lowest BCUT2D eigenvalue weighted by molar-refractivity contribution is -0.124. The molecule has 4 atom stereocenters. The highest BCUT2D eigenvalue weighted by Crippen LogP contribution is 2.46. The maximum absolute atomic E-state index is 12.5. The molecule has 2 bridgehead atoms. The third kappa shape index (κ3) is 1.42. The Labute approximate surface area is 123 Å². The molecule has 5 heteroatoms. The molecule has 2 saturated heterocycles. The largest absolute Gasteiger partial charge is 0.365 e. The number of ether oxygens (including phenoxy) is 1. The first-order chi connectivity index (χ1) is 9.18. The standard InChI is InChI=1S/C14H10INO3/c15-7-3-1-2-4-8(7)16-13(17)11-9-5-6-10(19-9)12(11)14(16)18/h1-6,9-12H/t9-,10-,11-,12+/m0/s1. The summed E-state index contributed by atoms with van der Waals surface area (Å²) in [7, 11) is 0. The Bertz CT molecular complexity index is 597. The molecule has 4 nitrogen and oxygen atoms in total. The van der Waals surface area contributed by atoms with E-state index in [0.717, 1.165) is 3.57 Å². The summed E-state index contributed by atoms with van der Waals surface area (Å²) in [5.41, 5.74) is 0.687. The summed E-state index contributed by atoms with van der Waals surface area (Å²) in [6.07, 6.45) is 3.35. The highest BCUT2D eigenvalue weighted by molar-refractivity contribution is 14.1. The van der Waals surface area contributed by atoms with Crippen LogP contribution in [0.4, 0.5) is 5.69 Å². The molecule has 0 saturated carbocycles. The molecule has 19 heavy (non-hydrogen) atoms. The van der Waals surface area contributed by atoms with Crippen molar-refractivity contribution in [1.29, 1.82) is 0 Å². The maximum atomic E-state index is 12.5. The molecular weight excluding hydrogens is 357 g/mol. The molecule has 2 amide bonds. The van der Waals surface area contributed by atoms with Gasteiger partial charge in [-0.3, -0.25) is 9.59 Å². The van der Waals surface area contributed by atoms with Gasteiger partial charge >= 0.3 is 0 Å². The number of nitrogens with zero attached hydrogens (tertiary/aromatic N) is 1. The Balaban J connectivity index is 1.79. The van der Waals surface area contributed by atoms with E-state index in [1.165, 1.54) is 4.90 Å². The first kappa shape index (κ1) is 11.6. The van der Waals surface area contributed by atoms with Crippen LogP contribution in [0.15, 0.2) is 36.4 Å².